The fourth-order valence-electron chi connectivity index (χ4n) is 2.50. The monoisotopic (exact) mass is 324 g/mol. The predicted octanol–water partition coefficient (Wildman–Crippen LogP) is 2.52. The van der Waals surface area contributed by atoms with Crippen molar-refractivity contribution < 1.29 is 9.53 Å². The summed E-state index contributed by atoms with van der Waals surface area (Å²) in [4.78, 5) is 16.4. The number of methoxy groups -OCH3 is 1. The normalized spacial score (nSPS) is 12.0. The van der Waals surface area contributed by atoms with Crippen LogP contribution < -0.4 is 10.6 Å². The number of aromatic nitrogens is 2. The van der Waals surface area contributed by atoms with Crippen LogP contribution in [0.4, 0.5) is 4.79 Å². The molecule has 1 atom stereocenters. The Balaban J connectivity index is 1.50. The van der Waals surface area contributed by atoms with E-state index in [-0.39, 0.29) is 12.1 Å². The van der Waals surface area contributed by atoms with Crippen LogP contribution in [-0.4, -0.2) is 29.1 Å². The molecule has 0 spiro atoms. The Bertz CT molecular complexity index is 768. The molecule has 0 aliphatic rings. The summed E-state index contributed by atoms with van der Waals surface area (Å²) in [5.41, 5.74) is 2.70. The minimum absolute atomic E-state index is 0.174. The first kappa shape index (κ1) is 16.0. The lowest BCUT2D eigenvalue weighted by molar-refractivity contribution is 0.104. The number of rotatable bonds is 6. The van der Waals surface area contributed by atoms with E-state index in [4.69, 9.17) is 4.74 Å². The topological polar surface area (TPSA) is 67.7 Å². The molecule has 0 saturated heterocycles. The van der Waals surface area contributed by atoms with Crippen molar-refractivity contribution in [1.82, 2.24) is 20.0 Å². The number of amides is 2. The van der Waals surface area contributed by atoms with Crippen LogP contribution in [0.5, 0.6) is 0 Å². The van der Waals surface area contributed by atoms with Gasteiger partial charge in [-0.05, 0) is 17.7 Å². The van der Waals surface area contributed by atoms with E-state index in [1.807, 2.05) is 65.3 Å². The van der Waals surface area contributed by atoms with Gasteiger partial charge in [0.05, 0.1) is 18.3 Å². The summed E-state index contributed by atoms with van der Waals surface area (Å²) < 4.78 is 7.35. The van der Waals surface area contributed by atoms with Gasteiger partial charge >= 0.3 is 6.03 Å². The first-order valence-corrected chi connectivity index (χ1v) is 7.78. The van der Waals surface area contributed by atoms with Crippen molar-refractivity contribution in [2.24, 2.45) is 0 Å². The molecule has 2 aromatic heterocycles. The Hall–Kier alpha value is -2.86. The van der Waals surface area contributed by atoms with Crippen molar-refractivity contribution >= 4 is 11.7 Å². The van der Waals surface area contributed by atoms with Crippen LogP contribution in [0.15, 0.2) is 60.9 Å². The lowest BCUT2D eigenvalue weighted by Gasteiger charge is -2.16. The van der Waals surface area contributed by atoms with E-state index in [2.05, 4.69) is 15.6 Å². The molecule has 0 fully saturated rings. The summed E-state index contributed by atoms with van der Waals surface area (Å²) >= 11 is 0. The number of benzene rings is 1. The van der Waals surface area contributed by atoms with Gasteiger partial charge in [0.2, 0.25) is 0 Å². The first-order valence-electron chi connectivity index (χ1n) is 7.78. The molecule has 6 nitrogen and oxygen atoms in total. The second-order valence-electron chi connectivity index (χ2n) is 5.40. The Labute approximate surface area is 140 Å². The molecule has 3 rings (SSSR count). The van der Waals surface area contributed by atoms with Gasteiger partial charge in [0, 0.05) is 26.0 Å². The molecule has 3 aromatic rings. The lowest BCUT2D eigenvalue weighted by Crippen LogP contribution is -2.37. The van der Waals surface area contributed by atoms with Gasteiger partial charge < -0.3 is 19.8 Å². The maximum absolute atomic E-state index is 12.0. The first-order chi connectivity index (χ1) is 11.8. The Kier molecular flexibility index (Phi) is 5.08. The van der Waals surface area contributed by atoms with E-state index in [9.17, 15) is 4.79 Å². The van der Waals surface area contributed by atoms with Gasteiger partial charge in [-0.2, -0.15) is 0 Å². The number of nitrogens with one attached hydrogen (secondary N) is 2. The zero-order chi connectivity index (χ0) is 16.8. The van der Waals surface area contributed by atoms with Crippen LogP contribution in [0.3, 0.4) is 0 Å². The zero-order valence-corrected chi connectivity index (χ0v) is 13.5. The third-order valence-electron chi connectivity index (χ3n) is 3.75. The van der Waals surface area contributed by atoms with Crippen molar-refractivity contribution in [2.45, 2.75) is 12.6 Å². The van der Waals surface area contributed by atoms with E-state index in [1.54, 1.807) is 7.11 Å². The fraction of sp³-hybridized carbons (Fsp3) is 0.222. The highest BCUT2D eigenvalue weighted by atomic mass is 16.5. The van der Waals surface area contributed by atoms with Gasteiger partial charge in [-0.3, -0.25) is 0 Å². The van der Waals surface area contributed by atoms with Crippen LogP contribution >= 0.6 is 0 Å². The molecular formula is C18H20N4O2. The van der Waals surface area contributed by atoms with E-state index in [0.29, 0.717) is 13.1 Å². The van der Waals surface area contributed by atoms with Crippen LogP contribution in [0.1, 0.15) is 17.4 Å². The smallest absolute Gasteiger partial charge is 0.315 e. The maximum atomic E-state index is 12.0. The summed E-state index contributed by atoms with van der Waals surface area (Å²) in [6.07, 6.45) is 3.65. The van der Waals surface area contributed by atoms with Crippen LogP contribution in [0.25, 0.3) is 5.65 Å². The molecule has 24 heavy (non-hydrogen) atoms. The number of urea groups is 1. The minimum atomic E-state index is -0.245. The number of ether oxygens (including phenoxy) is 1. The average molecular weight is 324 g/mol. The summed E-state index contributed by atoms with van der Waals surface area (Å²) in [6.45, 7) is 0.772. The van der Waals surface area contributed by atoms with E-state index < -0.39 is 0 Å². The van der Waals surface area contributed by atoms with Gasteiger partial charge in [0.25, 0.3) is 0 Å². The molecule has 0 radical (unpaired) electrons. The number of carbonyl (C=O) groups is 1. The SMILES string of the molecule is COC(CNC(=O)NCc1cn2ccccc2n1)c1ccccc1. The number of hydrogen-bond donors (Lipinski definition) is 2. The minimum Gasteiger partial charge on any atom is -0.375 e. The highest BCUT2D eigenvalue weighted by molar-refractivity contribution is 5.73. The number of pyridine rings is 1. The number of carbonyl (C=O) groups excluding carboxylic acids is 1. The number of fused-ring (bicyclic) bond motifs is 1. The molecule has 0 saturated carbocycles. The van der Waals surface area contributed by atoms with Gasteiger partial charge in [0.15, 0.2) is 0 Å². The summed E-state index contributed by atoms with van der Waals surface area (Å²) in [5, 5.41) is 5.64. The predicted molar refractivity (Wildman–Crippen MR) is 91.6 cm³/mol. The Morgan fingerprint density at radius 1 is 1.17 bits per heavy atom. The lowest BCUT2D eigenvalue weighted by atomic mass is 10.1. The second kappa shape index (κ2) is 7.61. The van der Waals surface area contributed by atoms with Gasteiger partial charge in [0.1, 0.15) is 5.65 Å². The fourth-order valence-corrected chi connectivity index (χ4v) is 2.50. The summed E-state index contributed by atoms with van der Waals surface area (Å²) in [6, 6.07) is 15.3. The average Bonchev–Trinajstić information content (AvgIpc) is 3.04. The van der Waals surface area contributed by atoms with Crippen LogP contribution in [-0.2, 0) is 11.3 Å². The standard InChI is InChI=1S/C18H20N4O2/c1-24-16(14-7-3-2-4-8-14)12-20-18(23)19-11-15-13-22-10-6-5-9-17(22)21-15/h2-10,13,16H,11-12H2,1H3,(H2,19,20,23). The molecule has 2 N–H and O–H groups in total. The molecule has 0 aliphatic heterocycles. The molecular weight excluding hydrogens is 304 g/mol. The molecule has 0 aliphatic carbocycles. The van der Waals surface area contributed by atoms with Gasteiger partial charge in [-0.25, -0.2) is 9.78 Å². The van der Waals surface area contributed by atoms with Crippen molar-refractivity contribution in [3.05, 3.63) is 72.2 Å². The van der Waals surface area contributed by atoms with Crippen molar-refractivity contribution in [3.63, 3.8) is 0 Å². The number of nitrogens with zero attached hydrogens (tertiary/aromatic N) is 2. The molecule has 1 unspecified atom stereocenters. The van der Waals surface area contributed by atoms with Gasteiger partial charge in [-0.15, -0.1) is 0 Å². The van der Waals surface area contributed by atoms with E-state index in [0.717, 1.165) is 16.9 Å². The Morgan fingerprint density at radius 3 is 2.71 bits per heavy atom. The second-order valence-corrected chi connectivity index (χ2v) is 5.40. The quantitative estimate of drug-likeness (QED) is 0.732. The number of hydrogen-bond acceptors (Lipinski definition) is 3. The highest BCUT2D eigenvalue weighted by Gasteiger charge is 2.11. The third-order valence-corrected chi connectivity index (χ3v) is 3.75. The summed E-state index contributed by atoms with van der Waals surface area (Å²) in [5.74, 6) is 0. The molecule has 6 heteroatoms. The van der Waals surface area contributed by atoms with Crippen molar-refractivity contribution in [1.29, 1.82) is 0 Å². The van der Waals surface area contributed by atoms with Crippen LogP contribution in [0.2, 0.25) is 0 Å². The Morgan fingerprint density at radius 2 is 1.96 bits per heavy atom. The number of imidazole rings is 1. The van der Waals surface area contributed by atoms with Crippen molar-refractivity contribution in [3.8, 4) is 0 Å². The largest absolute Gasteiger partial charge is 0.375 e. The summed E-state index contributed by atoms with van der Waals surface area (Å²) in [7, 11) is 1.63. The molecule has 2 amide bonds. The zero-order valence-electron chi connectivity index (χ0n) is 13.5. The van der Waals surface area contributed by atoms with E-state index >= 15 is 0 Å². The molecule has 0 bridgehead atoms. The van der Waals surface area contributed by atoms with Crippen molar-refractivity contribution in [2.75, 3.05) is 13.7 Å². The third kappa shape index (κ3) is 3.91. The molecule has 1 aromatic carbocycles. The molecule has 2 heterocycles. The highest BCUT2D eigenvalue weighted by Crippen LogP contribution is 2.14. The maximum Gasteiger partial charge on any atom is 0.315 e. The molecule has 124 valence electrons. The van der Waals surface area contributed by atoms with Gasteiger partial charge in [-0.1, -0.05) is 36.4 Å². The van der Waals surface area contributed by atoms with E-state index in [1.165, 1.54) is 0 Å². The van der Waals surface area contributed by atoms with Crippen LogP contribution in [0, 0.1) is 0 Å².